The summed E-state index contributed by atoms with van der Waals surface area (Å²) in [6.45, 7) is 5.95. The van der Waals surface area contributed by atoms with Gasteiger partial charge in [-0.2, -0.15) is 0 Å². The lowest BCUT2D eigenvalue weighted by Gasteiger charge is -2.33. The lowest BCUT2D eigenvalue weighted by molar-refractivity contribution is -0.140. The fourth-order valence-corrected chi connectivity index (χ4v) is 5.20. The second-order valence-electron chi connectivity index (χ2n) is 10.2. The molecule has 40 heavy (non-hydrogen) atoms. The highest BCUT2D eigenvalue weighted by Gasteiger charge is 2.33. The summed E-state index contributed by atoms with van der Waals surface area (Å²) in [6, 6.07) is 21.2. The van der Waals surface area contributed by atoms with Crippen LogP contribution in [-0.2, 0) is 32.6 Å². The maximum Gasteiger partial charge on any atom is 0.244 e. The molecule has 0 aliphatic heterocycles. The minimum absolute atomic E-state index is 0.0000473. The van der Waals surface area contributed by atoms with Gasteiger partial charge in [-0.25, -0.2) is 12.8 Å². The zero-order chi connectivity index (χ0) is 29.3. The van der Waals surface area contributed by atoms with Crippen LogP contribution in [-0.4, -0.2) is 50.5 Å². The molecule has 0 fully saturated rings. The molecule has 2 amide bonds. The second kappa shape index (κ2) is 14.1. The van der Waals surface area contributed by atoms with E-state index in [2.05, 4.69) is 5.32 Å². The van der Waals surface area contributed by atoms with E-state index in [0.29, 0.717) is 24.2 Å². The predicted octanol–water partition coefficient (Wildman–Crippen LogP) is 4.88. The summed E-state index contributed by atoms with van der Waals surface area (Å²) in [5, 5.41) is 2.89. The number of hydrogen-bond acceptors (Lipinski definition) is 4. The first-order valence-corrected chi connectivity index (χ1v) is 15.3. The fourth-order valence-electron chi connectivity index (χ4n) is 4.35. The van der Waals surface area contributed by atoms with Crippen LogP contribution in [0.4, 0.5) is 10.1 Å². The number of rotatable bonds is 13. The largest absolute Gasteiger partial charge is 0.354 e. The van der Waals surface area contributed by atoms with Gasteiger partial charge in [-0.3, -0.25) is 13.9 Å². The Morgan fingerprint density at radius 3 is 2.08 bits per heavy atom. The van der Waals surface area contributed by atoms with Crippen LogP contribution in [0.1, 0.15) is 49.8 Å². The first-order chi connectivity index (χ1) is 19.0. The topological polar surface area (TPSA) is 86.8 Å². The second-order valence-corrected chi connectivity index (χ2v) is 12.1. The molecule has 0 aromatic heterocycles. The molecule has 3 aromatic rings. The van der Waals surface area contributed by atoms with Crippen molar-refractivity contribution in [1.82, 2.24) is 10.2 Å². The molecule has 7 nitrogen and oxygen atoms in total. The minimum atomic E-state index is -3.84. The SMILES string of the molecule is CCCNC(=O)[C@H](Cc1ccccc1)N(Cc1ccc(F)cc1)C(=O)CN(c1ccc(C(C)C)cc1)S(C)(=O)=O. The number of hydrogen-bond donors (Lipinski definition) is 1. The Kier molecular flexibility index (Phi) is 10.8. The van der Waals surface area contributed by atoms with Crippen molar-refractivity contribution in [3.8, 4) is 0 Å². The molecule has 3 rings (SSSR count). The van der Waals surface area contributed by atoms with Gasteiger partial charge in [0.2, 0.25) is 21.8 Å². The van der Waals surface area contributed by atoms with Crippen LogP contribution in [0.3, 0.4) is 0 Å². The summed E-state index contributed by atoms with van der Waals surface area (Å²) < 4.78 is 40.5. The van der Waals surface area contributed by atoms with Gasteiger partial charge in [-0.05, 0) is 53.3 Å². The summed E-state index contributed by atoms with van der Waals surface area (Å²) in [6.07, 6.45) is 1.99. The highest BCUT2D eigenvalue weighted by Crippen LogP contribution is 2.23. The van der Waals surface area contributed by atoms with E-state index in [1.54, 1.807) is 24.3 Å². The predicted molar refractivity (Wildman–Crippen MR) is 157 cm³/mol. The number of sulfonamides is 1. The number of halogens is 1. The zero-order valence-corrected chi connectivity index (χ0v) is 24.3. The Labute approximate surface area is 237 Å². The maximum absolute atomic E-state index is 14.0. The smallest absolute Gasteiger partial charge is 0.244 e. The van der Waals surface area contributed by atoms with Crippen LogP contribution in [0.15, 0.2) is 78.9 Å². The van der Waals surface area contributed by atoms with Crippen molar-refractivity contribution >= 4 is 27.5 Å². The van der Waals surface area contributed by atoms with Gasteiger partial charge in [-0.1, -0.05) is 75.4 Å². The highest BCUT2D eigenvalue weighted by atomic mass is 32.2. The average Bonchev–Trinajstić information content (AvgIpc) is 2.93. The third-order valence-electron chi connectivity index (χ3n) is 6.61. The van der Waals surface area contributed by atoms with E-state index in [4.69, 9.17) is 0 Å². The molecule has 214 valence electrons. The first-order valence-electron chi connectivity index (χ1n) is 13.4. The summed E-state index contributed by atoms with van der Waals surface area (Å²) in [4.78, 5) is 28.8. The quantitative estimate of drug-likeness (QED) is 0.319. The van der Waals surface area contributed by atoms with Crippen molar-refractivity contribution in [3.63, 3.8) is 0 Å². The van der Waals surface area contributed by atoms with Crippen LogP contribution in [0, 0.1) is 5.82 Å². The van der Waals surface area contributed by atoms with Crippen molar-refractivity contribution in [2.45, 2.75) is 52.1 Å². The van der Waals surface area contributed by atoms with Gasteiger partial charge in [0.1, 0.15) is 18.4 Å². The summed E-state index contributed by atoms with van der Waals surface area (Å²) in [5.74, 6) is -1.05. The Hall–Kier alpha value is -3.72. The van der Waals surface area contributed by atoms with E-state index < -0.39 is 34.3 Å². The molecule has 0 aliphatic carbocycles. The number of benzene rings is 3. The molecule has 1 N–H and O–H groups in total. The van der Waals surface area contributed by atoms with Crippen LogP contribution in [0.5, 0.6) is 0 Å². The van der Waals surface area contributed by atoms with E-state index in [0.717, 1.165) is 21.7 Å². The Bertz CT molecular complexity index is 1360. The lowest BCUT2D eigenvalue weighted by atomic mass is 10.0. The third kappa shape index (κ3) is 8.64. The van der Waals surface area contributed by atoms with Gasteiger partial charge < -0.3 is 10.2 Å². The van der Waals surface area contributed by atoms with Gasteiger partial charge in [-0.15, -0.1) is 0 Å². The van der Waals surface area contributed by atoms with Gasteiger partial charge in [0, 0.05) is 19.5 Å². The van der Waals surface area contributed by atoms with Crippen LogP contribution >= 0.6 is 0 Å². The van der Waals surface area contributed by atoms with Crippen molar-refractivity contribution in [3.05, 3.63) is 101 Å². The number of carbonyl (C=O) groups excluding carboxylic acids is 2. The van der Waals surface area contributed by atoms with E-state index in [1.807, 2.05) is 63.2 Å². The lowest BCUT2D eigenvalue weighted by Crippen LogP contribution is -2.53. The van der Waals surface area contributed by atoms with Gasteiger partial charge in [0.25, 0.3) is 0 Å². The van der Waals surface area contributed by atoms with Gasteiger partial charge >= 0.3 is 0 Å². The van der Waals surface area contributed by atoms with Gasteiger partial charge in [0.05, 0.1) is 11.9 Å². The number of nitrogens with zero attached hydrogens (tertiary/aromatic N) is 2. The van der Waals surface area contributed by atoms with Crippen molar-refractivity contribution < 1.29 is 22.4 Å². The molecule has 0 spiro atoms. The maximum atomic E-state index is 14.0. The number of amides is 2. The summed E-state index contributed by atoms with van der Waals surface area (Å²) in [5.41, 5.74) is 2.86. The van der Waals surface area contributed by atoms with Crippen LogP contribution in [0.25, 0.3) is 0 Å². The number of nitrogens with one attached hydrogen (secondary N) is 1. The Morgan fingerprint density at radius 2 is 1.52 bits per heavy atom. The molecule has 0 bridgehead atoms. The van der Waals surface area contributed by atoms with E-state index in [-0.39, 0.29) is 24.8 Å². The Balaban J connectivity index is 2.02. The van der Waals surface area contributed by atoms with Crippen LogP contribution in [0.2, 0.25) is 0 Å². The Morgan fingerprint density at radius 1 is 0.900 bits per heavy atom. The molecule has 1 atom stereocenters. The zero-order valence-electron chi connectivity index (χ0n) is 23.5. The molecule has 0 aliphatic rings. The summed E-state index contributed by atoms with van der Waals surface area (Å²) in [7, 11) is -3.84. The molecular formula is C31H38FN3O4S. The van der Waals surface area contributed by atoms with E-state index in [1.165, 1.54) is 17.0 Å². The minimum Gasteiger partial charge on any atom is -0.354 e. The highest BCUT2D eigenvalue weighted by molar-refractivity contribution is 7.92. The van der Waals surface area contributed by atoms with Crippen molar-refractivity contribution in [2.24, 2.45) is 0 Å². The normalized spacial score (nSPS) is 12.2. The monoisotopic (exact) mass is 567 g/mol. The molecular weight excluding hydrogens is 529 g/mol. The molecule has 9 heteroatoms. The van der Waals surface area contributed by atoms with Crippen molar-refractivity contribution in [2.75, 3.05) is 23.7 Å². The molecule has 3 aromatic carbocycles. The fraction of sp³-hybridized carbons (Fsp3) is 0.355. The molecule has 0 saturated carbocycles. The standard InChI is InChI=1S/C31H38FN3O4S/c1-5-19-33-31(37)29(20-24-9-7-6-8-10-24)34(21-25-11-15-27(32)16-12-25)30(36)22-35(40(4,38)39)28-17-13-26(14-18-28)23(2)3/h6-18,23,29H,5,19-22H2,1-4H3,(H,33,37)/t29-/m0/s1. The van der Waals surface area contributed by atoms with Gasteiger partial charge in [0.15, 0.2) is 0 Å². The molecule has 0 unspecified atom stereocenters. The van der Waals surface area contributed by atoms with E-state index >= 15 is 0 Å². The van der Waals surface area contributed by atoms with E-state index in [9.17, 15) is 22.4 Å². The molecule has 0 saturated heterocycles. The van der Waals surface area contributed by atoms with Crippen molar-refractivity contribution in [1.29, 1.82) is 0 Å². The molecule has 0 radical (unpaired) electrons. The summed E-state index contributed by atoms with van der Waals surface area (Å²) >= 11 is 0. The third-order valence-corrected chi connectivity index (χ3v) is 7.75. The number of anilines is 1. The number of carbonyl (C=O) groups is 2. The average molecular weight is 568 g/mol. The van der Waals surface area contributed by atoms with Crippen LogP contribution < -0.4 is 9.62 Å². The first kappa shape index (κ1) is 30.8. The molecule has 0 heterocycles.